The van der Waals surface area contributed by atoms with Gasteiger partial charge in [0.05, 0.1) is 11.9 Å². The Labute approximate surface area is 161 Å². The zero-order chi connectivity index (χ0) is 19.5. The van der Waals surface area contributed by atoms with Crippen LogP contribution in [-0.2, 0) is 6.42 Å². The van der Waals surface area contributed by atoms with E-state index < -0.39 is 5.91 Å². The SMILES string of the molecule is Cc1ccc2ncc(C(=O)NCCc3cnn(-c4ccccc4)c3)c(=O)n2c1. The van der Waals surface area contributed by atoms with Gasteiger partial charge in [-0.3, -0.25) is 14.0 Å². The standard InChI is InChI=1S/C21H19N5O2/c1-15-7-8-19-23-12-18(21(28)25(19)13-15)20(27)22-10-9-16-11-24-26(14-16)17-5-3-2-4-6-17/h2-8,11-14H,9-10H2,1H3,(H,22,27). The summed E-state index contributed by atoms with van der Waals surface area (Å²) in [5.74, 6) is -0.427. The van der Waals surface area contributed by atoms with Crippen LogP contribution in [0, 0.1) is 6.92 Å². The Hall–Kier alpha value is -3.74. The minimum Gasteiger partial charge on any atom is -0.351 e. The molecule has 3 heterocycles. The van der Waals surface area contributed by atoms with Crippen LogP contribution in [0.15, 0.2) is 72.0 Å². The molecule has 28 heavy (non-hydrogen) atoms. The highest BCUT2D eigenvalue weighted by Gasteiger charge is 2.13. The van der Waals surface area contributed by atoms with Gasteiger partial charge in [-0.2, -0.15) is 5.10 Å². The van der Waals surface area contributed by atoms with Gasteiger partial charge in [0.1, 0.15) is 11.2 Å². The first-order chi connectivity index (χ1) is 13.6. The maximum atomic E-state index is 12.6. The van der Waals surface area contributed by atoms with Crippen LogP contribution in [0.3, 0.4) is 0 Å². The zero-order valence-electron chi connectivity index (χ0n) is 15.4. The Kier molecular flexibility index (Phi) is 4.72. The Bertz CT molecular complexity index is 1190. The van der Waals surface area contributed by atoms with Gasteiger partial charge in [-0.05, 0) is 42.7 Å². The molecule has 1 amide bonds. The number of carbonyl (C=O) groups is 1. The van der Waals surface area contributed by atoms with Gasteiger partial charge in [0, 0.05) is 25.1 Å². The molecule has 7 heteroatoms. The molecule has 0 radical (unpaired) electrons. The molecule has 0 bridgehead atoms. The second-order valence-corrected chi connectivity index (χ2v) is 6.55. The second-order valence-electron chi connectivity index (χ2n) is 6.55. The number of rotatable bonds is 5. The molecule has 0 saturated heterocycles. The molecule has 0 spiro atoms. The molecule has 4 aromatic rings. The van der Waals surface area contributed by atoms with Crippen molar-refractivity contribution >= 4 is 11.6 Å². The van der Waals surface area contributed by atoms with Crippen LogP contribution < -0.4 is 10.9 Å². The van der Waals surface area contributed by atoms with Crippen LogP contribution in [0.4, 0.5) is 0 Å². The number of hydrogen-bond acceptors (Lipinski definition) is 4. The largest absolute Gasteiger partial charge is 0.351 e. The fraction of sp³-hybridized carbons (Fsp3) is 0.143. The van der Waals surface area contributed by atoms with Crippen molar-refractivity contribution in [2.24, 2.45) is 0 Å². The number of benzene rings is 1. The van der Waals surface area contributed by atoms with E-state index in [1.54, 1.807) is 23.1 Å². The lowest BCUT2D eigenvalue weighted by Crippen LogP contribution is -2.32. The summed E-state index contributed by atoms with van der Waals surface area (Å²) in [6.45, 7) is 2.28. The molecule has 140 valence electrons. The molecular formula is C21H19N5O2. The maximum Gasteiger partial charge on any atom is 0.270 e. The molecule has 0 atom stereocenters. The molecule has 0 aliphatic rings. The number of hydrogen-bond donors (Lipinski definition) is 1. The molecule has 0 aliphatic heterocycles. The van der Waals surface area contributed by atoms with Crippen LogP contribution >= 0.6 is 0 Å². The summed E-state index contributed by atoms with van der Waals surface area (Å²) in [6.07, 6.45) is 7.32. The van der Waals surface area contributed by atoms with E-state index in [1.165, 1.54) is 10.6 Å². The average molecular weight is 373 g/mol. The van der Waals surface area contributed by atoms with Gasteiger partial charge in [-0.25, -0.2) is 9.67 Å². The summed E-state index contributed by atoms with van der Waals surface area (Å²) in [4.78, 5) is 29.2. The topological polar surface area (TPSA) is 81.3 Å². The van der Waals surface area contributed by atoms with Gasteiger partial charge in [0.15, 0.2) is 0 Å². The fourth-order valence-electron chi connectivity index (χ4n) is 2.97. The fourth-order valence-corrected chi connectivity index (χ4v) is 2.97. The number of aromatic nitrogens is 4. The molecule has 4 rings (SSSR count). The maximum absolute atomic E-state index is 12.6. The lowest BCUT2D eigenvalue weighted by atomic mass is 10.2. The van der Waals surface area contributed by atoms with Crippen LogP contribution in [0.1, 0.15) is 21.5 Å². The van der Waals surface area contributed by atoms with Crippen molar-refractivity contribution in [3.05, 3.63) is 94.3 Å². The van der Waals surface area contributed by atoms with Crippen LogP contribution in [0.5, 0.6) is 0 Å². The number of carbonyl (C=O) groups excluding carboxylic acids is 1. The van der Waals surface area contributed by atoms with E-state index in [-0.39, 0.29) is 11.1 Å². The minimum absolute atomic E-state index is 0.0306. The summed E-state index contributed by atoms with van der Waals surface area (Å²) in [5, 5.41) is 7.13. The first kappa shape index (κ1) is 17.7. The van der Waals surface area contributed by atoms with Crippen LogP contribution in [0.25, 0.3) is 11.3 Å². The molecule has 0 aliphatic carbocycles. The highest BCUT2D eigenvalue weighted by Crippen LogP contribution is 2.08. The van der Waals surface area contributed by atoms with E-state index >= 15 is 0 Å². The van der Waals surface area contributed by atoms with Gasteiger partial charge in [-0.15, -0.1) is 0 Å². The quantitative estimate of drug-likeness (QED) is 0.581. The van der Waals surface area contributed by atoms with E-state index in [9.17, 15) is 9.59 Å². The first-order valence-corrected chi connectivity index (χ1v) is 8.97. The molecule has 0 saturated carbocycles. The minimum atomic E-state index is -0.427. The number of nitrogens with one attached hydrogen (secondary N) is 1. The lowest BCUT2D eigenvalue weighted by Gasteiger charge is -2.06. The summed E-state index contributed by atoms with van der Waals surface area (Å²) < 4.78 is 3.19. The average Bonchev–Trinajstić information content (AvgIpc) is 3.18. The third-order valence-electron chi connectivity index (χ3n) is 4.45. The van der Waals surface area contributed by atoms with Crippen molar-refractivity contribution in [1.82, 2.24) is 24.5 Å². The van der Waals surface area contributed by atoms with Crippen molar-refractivity contribution in [1.29, 1.82) is 0 Å². The Morgan fingerprint density at radius 1 is 1.07 bits per heavy atom. The third kappa shape index (κ3) is 3.55. The normalized spacial score (nSPS) is 10.9. The van der Waals surface area contributed by atoms with E-state index in [0.29, 0.717) is 18.6 Å². The summed E-state index contributed by atoms with van der Waals surface area (Å²) in [7, 11) is 0. The van der Waals surface area contributed by atoms with E-state index in [1.807, 2.05) is 49.5 Å². The van der Waals surface area contributed by atoms with Crippen molar-refractivity contribution in [3.63, 3.8) is 0 Å². The lowest BCUT2D eigenvalue weighted by molar-refractivity contribution is 0.0952. The molecular weight excluding hydrogens is 354 g/mol. The van der Waals surface area contributed by atoms with Gasteiger partial charge in [0.2, 0.25) is 0 Å². The second kappa shape index (κ2) is 7.48. The van der Waals surface area contributed by atoms with Gasteiger partial charge >= 0.3 is 0 Å². The van der Waals surface area contributed by atoms with Crippen LogP contribution in [0.2, 0.25) is 0 Å². The van der Waals surface area contributed by atoms with Crippen LogP contribution in [-0.4, -0.2) is 31.6 Å². The van der Waals surface area contributed by atoms with Gasteiger partial charge in [-0.1, -0.05) is 24.3 Å². The van der Waals surface area contributed by atoms with Gasteiger partial charge < -0.3 is 5.32 Å². The number of amides is 1. The predicted molar refractivity (Wildman–Crippen MR) is 106 cm³/mol. The Balaban J connectivity index is 1.43. The van der Waals surface area contributed by atoms with Crippen molar-refractivity contribution in [2.75, 3.05) is 6.54 Å². The smallest absolute Gasteiger partial charge is 0.270 e. The van der Waals surface area contributed by atoms with Gasteiger partial charge in [0.25, 0.3) is 11.5 Å². The third-order valence-corrected chi connectivity index (χ3v) is 4.45. The number of aryl methyl sites for hydroxylation is 1. The van der Waals surface area contributed by atoms with Crippen molar-refractivity contribution in [2.45, 2.75) is 13.3 Å². The summed E-state index contributed by atoms with van der Waals surface area (Å²) >= 11 is 0. The molecule has 3 aromatic heterocycles. The zero-order valence-corrected chi connectivity index (χ0v) is 15.4. The van der Waals surface area contributed by atoms with E-state index in [2.05, 4.69) is 15.4 Å². The van der Waals surface area contributed by atoms with E-state index in [0.717, 1.165) is 16.8 Å². The number of pyridine rings is 1. The molecule has 7 nitrogen and oxygen atoms in total. The highest BCUT2D eigenvalue weighted by molar-refractivity contribution is 5.93. The molecule has 0 unspecified atom stereocenters. The Morgan fingerprint density at radius 3 is 2.71 bits per heavy atom. The molecule has 1 aromatic carbocycles. The molecule has 0 fully saturated rings. The number of para-hydroxylation sites is 1. The predicted octanol–water partition coefficient (Wildman–Crippen LogP) is 2.16. The van der Waals surface area contributed by atoms with E-state index in [4.69, 9.17) is 0 Å². The molecule has 1 N–H and O–H groups in total. The monoisotopic (exact) mass is 373 g/mol. The summed E-state index contributed by atoms with van der Waals surface area (Å²) in [6, 6.07) is 13.4. The van der Waals surface area contributed by atoms with Crippen molar-refractivity contribution in [3.8, 4) is 5.69 Å². The van der Waals surface area contributed by atoms with Crippen molar-refractivity contribution < 1.29 is 4.79 Å². The highest BCUT2D eigenvalue weighted by atomic mass is 16.2. The number of nitrogens with zero attached hydrogens (tertiary/aromatic N) is 4. The summed E-state index contributed by atoms with van der Waals surface area (Å²) in [5.41, 5.74) is 3.06. The number of fused-ring (bicyclic) bond motifs is 1. The first-order valence-electron chi connectivity index (χ1n) is 8.97. The Morgan fingerprint density at radius 2 is 1.89 bits per heavy atom.